The Morgan fingerprint density at radius 2 is 2.21 bits per heavy atom. The third-order valence-electron chi connectivity index (χ3n) is 2.32. The zero-order valence-electron chi connectivity index (χ0n) is 7.59. The molecule has 0 unspecified atom stereocenters. The van der Waals surface area contributed by atoms with Gasteiger partial charge in [0.2, 0.25) is 5.91 Å². The lowest BCUT2D eigenvalue weighted by atomic mass is 10.2. The Balaban J connectivity index is 2.07. The fraction of sp³-hybridized carbons (Fsp3) is 0.300. The van der Waals surface area contributed by atoms with Crippen LogP contribution >= 0.6 is 0 Å². The van der Waals surface area contributed by atoms with Crippen LogP contribution in [-0.4, -0.2) is 11.4 Å². The molecular formula is C10H11FN2O. The molecule has 74 valence electrons. The highest BCUT2D eigenvalue weighted by molar-refractivity contribution is 6.00. The van der Waals surface area contributed by atoms with Crippen molar-refractivity contribution < 1.29 is 9.18 Å². The summed E-state index contributed by atoms with van der Waals surface area (Å²) in [7, 11) is 0. The highest BCUT2D eigenvalue weighted by Crippen LogP contribution is 2.33. The summed E-state index contributed by atoms with van der Waals surface area (Å²) in [5, 5.41) is 2.58. The quantitative estimate of drug-likeness (QED) is 0.744. The lowest BCUT2D eigenvalue weighted by Crippen LogP contribution is -2.37. The van der Waals surface area contributed by atoms with Gasteiger partial charge in [-0.1, -0.05) is 6.07 Å². The largest absolute Gasteiger partial charge is 0.324 e. The van der Waals surface area contributed by atoms with Crippen molar-refractivity contribution in [3.05, 3.63) is 30.1 Å². The number of hydrogen-bond donors (Lipinski definition) is 2. The van der Waals surface area contributed by atoms with Crippen molar-refractivity contribution in [2.75, 3.05) is 5.32 Å². The number of anilines is 1. The van der Waals surface area contributed by atoms with Gasteiger partial charge >= 0.3 is 0 Å². The van der Waals surface area contributed by atoms with Crippen molar-refractivity contribution in [3.8, 4) is 0 Å². The van der Waals surface area contributed by atoms with E-state index in [0.29, 0.717) is 18.5 Å². The zero-order valence-corrected chi connectivity index (χ0v) is 7.59. The van der Waals surface area contributed by atoms with Crippen molar-refractivity contribution >= 4 is 11.6 Å². The number of halogens is 1. The zero-order chi connectivity index (χ0) is 10.2. The van der Waals surface area contributed by atoms with Crippen LogP contribution in [0.3, 0.4) is 0 Å². The van der Waals surface area contributed by atoms with Gasteiger partial charge in [-0.2, -0.15) is 0 Å². The Morgan fingerprint density at radius 3 is 2.79 bits per heavy atom. The number of nitrogens with one attached hydrogen (secondary N) is 1. The summed E-state index contributed by atoms with van der Waals surface area (Å²) in [6, 6.07) is 5.77. The molecule has 0 saturated heterocycles. The second-order valence-corrected chi connectivity index (χ2v) is 3.62. The molecule has 1 aliphatic carbocycles. The van der Waals surface area contributed by atoms with Crippen LogP contribution in [0.15, 0.2) is 24.3 Å². The highest BCUT2D eigenvalue weighted by atomic mass is 19.1. The van der Waals surface area contributed by atoms with Crippen LogP contribution in [0, 0.1) is 5.82 Å². The third kappa shape index (κ3) is 1.75. The molecule has 0 aromatic heterocycles. The lowest BCUT2D eigenvalue weighted by Gasteiger charge is -2.09. The summed E-state index contributed by atoms with van der Waals surface area (Å²) in [5.74, 6) is -0.604. The Hall–Kier alpha value is -1.42. The topological polar surface area (TPSA) is 55.1 Å². The SMILES string of the molecule is NC1(C(=O)Nc2cccc(F)c2)CC1. The highest BCUT2D eigenvalue weighted by Gasteiger charge is 2.45. The van der Waals surface area contributed by atoms with Crippen LogP contribution in [0.2, 0.25) is 0 Å². The van der Waals surface area contributed by atoms with E-state index in [2.05, 4.69) is 5.32 Å². The normalized spacial score (nSPS) is 17.6. The molecule has 0 radical (unpaired) electrons. The van der Waals surface area contributed by atoms with Gasteiger partial charge in [0.15, 0.2) is 0 Å². The Kier molecular flexibility index (Phi) is 2.00. The van der Waals surface area contributed by atoms with Gasteiger partial charge in [0.05, 0.1) is 5.54 Å². The average molecular weight is 194 g/mol. The predicted octanol–water partition coefficient (Wildman–Crippen LogP) is 1.26. The first kappa shape index (κ1) is 9.15. The molecule has 1 aromatic carbocycles. The summed E-state index contributed by atoms with van der Waals surface area (Å²) >= 11 is 0. The monoisotopic (exact) mass is 194 g/mol. The molecule has 0 aliphatic heterocycles. The number of benzene rings is 1. The maximum Gasteiger partial charge on any atom is 0.244 e. The molecule has 2 rings (SSSR count). The van der Waals surface area contributed by atoms with Crippen molar-refractivity contribution in [2.24, 2.45) is 5.73 Å². The van der Waals surface area contributed by atoms with Crippen molar-refractivity contribution in [3.63, 3.8) is 0 Å². The molecular weight excluding hydrogens is 183 g/mol. The number of nitrogens with two attached hydrogens (primary N) is 1. The number of rotatable bonds is 2. The lowest BCUT2D eigenvalue weighted by molar-refractivity contribution is -0.118. The molecule has 3 N–H and O–H groups in total. The second-order valence-electron chi connectivity index (χ2n) is 3.62. The van der Waals surface area contributed by atoms with Crippen molar-refractivity contribution in [1.29, 1.82) is 0 Å². The first-order valence-corrected chi connectivity index (χ1v) is 4.46. The third-order valence-corrected chi connectivity index (χ3v) is 2.32. The minimum Gasteiger partial charge on any atom is -0.324 e. The van der Waals surface area contributed by atoms with Gasteiger partial charge in [-0.15, -0.1) is 0 Å². The minimum absolute atomic E-state index is 0.233. The van der Waals surface area contributed by atoms with E-state index in [1.54, 1.807) is 12.1 Å². The van der Waals surface area contributed by atoms with Crippen LogP contribution < -0.4 is 11.1 Å². The molecule has 1 saturated carbocycles. The van der Waals surface area contributed by atoms with Gasteiger partial charge in [0.1, 0.15) is 5.82 Å². The van der Waals surface area contributed by atoms with Gasteiger partial charge in [0.25, 0.3) is 0 Å². The van der Waals surface area contributed by atoms with Gasteiger partial charge in [0, 0.05) is 5.69 Å². The minimum atomic E-state index is -0.716. The molecule has 3 nitrogen and oxygen atoms in total. The van der Waals surface area contributed by atoms with E-state index in [4.69, 9.17) is 5.73 Å². The van der Waals surface area contributed by atoms with Gasteiger partial charge in [-0.3, -0.25) is 4.79 Å². The molecule has 14 heavy (non-hydrogen) atoms. The first-order chi connectivity index (χ1) is 6.60. The standard InChI is InChI=1S/C10H11FN2O/c11-7-2-1-3-8(6-7)13-9(14)10(12)4-5-10/h1-3,6H,4-5,12H2,(H,13,14). The van der Waals surface area contributed by atoms with Crippen LogP contribution in [0.5, 0.6) is 0 Å². The number of carbonyl (C=O) groups is 1. The molecule has 0 spiro atoms. The molecule has 1 aromatic rings. The Morgan fingerprint density at radius 1 is 1.50 bits per heavy atom. The predicted molar refractivity (Wildman–Crippen MR) is 51.2 cm³/mol. The first-order valence-electron chi connectivity index (χ1n) is 4.46. The van der Waals surface area contributed by atoms with Gasteiger partial charge in [-0.25, -0.2) is 4.39 Å². The summed E-state index contributed by atoms with van der Waals surface area (Å²) in [6.07, 6.45) is 1.41. The summed E-state index contributed by atoms with van der Waals surface area (Å²) < 4.78 is 12.7. The van der Waals surface area contributed by atoms with E-state index in [1.165, 1.54) is 12.1 Å². The molecule has 0 atom stereocenters. The second kappa shape index (κ2) is 3.06. The molecule has 0 heterocycles. The molecule has 4 heteroatoms. The van der Waals surface area contributed by atoms with E-state index >= 15 is 0 Å². The fourth-order valence-electron chi connectivity index (χ4n) is 1.18. The molecule has 1 fully saturated rings. The van der Waals surface area contributed by atoms with E-state index in [-0.39, 0.29) is 11.7 Å². The van der Waals surface area contributed by atoms with E-state index in [1.807, 2.05) is 0 Å². The van der Waals surface area contributed by atoms with E-state index in [0.717, 1.165) is 0 Å². The maximum absolute atomic E-state index is 12.7. The Bertz CT molecular complexity index is 374. The smallest absolute Gasteiger partial charge is 0.244 e. The number of hydrogen-bond acceptors (Lipinski definition) is 2. The van der Waals surface area contributed by atoms with E-state index in [9.17, 15) is 9.18 Å². The van der Waals surface area contributed by atoms with Crippen LogP contribution in [0.1, 0.15) is 12.8 Å². The molecule has 1 amide bonds. The van der Waals surface area contributed by atoms with E-state index < -0.39 is 5.54 Å². The van der Waals surface area contributed by atoms with Crippen LogP contribution in [-0.2, 0) is 4.79 Å². The fourth-order valence-corrected chi connectivity index (χ4v) is 1.18. The number of amides is 1. The average Bonchev–Trinajstić information content (AvgIpc) is 2.85. The van der Waals surface area contributed by atoms with Gasteiger partial charge < -0.3 is 11.1 Å². The molecule has 1 aliphatic rings. The van der Waals surface area contributed by atoms with Crippen LogP contribution in [0.25, 0.3) is 0 Å². The summed E-state index contributed by atoms with van der Waals surface area (Å²) in [5.41, 5.74) is 5.40. The maximum atomic E-state index is 12.7. The van der Waals surface area contributed by atoms with Crippen molar-refractivity contribution in [1.82, 2.24) is 0 Å². The van der Waals surface area contributed by atoms with Gasteiger partial charge in [-0.05, 0) is 31.0 Å². The summed E-state index contributed by atoms with van der Waals surface area (Å²) in [4.78, 5) is 11.4. The Labute approximate surface area is 81.1 Å². The summed E-state index contributed by atoms with van der Waals surface area (Å²) in [6.45, 7) is 0. The van der Waals surface area contributed by atoms with Crippen molar-refractivity contribution in [2.45, 2.75) is 18.4 Å². The molecule has 0 bridgehead atoms. The number of carbonyl (C=O) groups excluding carboxylic acids is 1. The van der Waals surface area contributed by atoms with Crippen LogP contribution in [0.4, 0.5) is 10.1 Å².